The van der Waals surface area contributed by atoms with E-state index in [1.807, 2.05) is 0 Å². The fourth-order valence-electron chi connectivity index (χ4n) is 2.99. The molecule has 1 fully saturated rings. The van der Waals surface area contributed by atoms with Gasteiger partial charge in [-0.15, -0.1) is 5.73 Å². The molecule has 1 aromatic rings. The molecule has 19 heavy (non-hydrogen) atoms. The van der Waals surface area contributed by atoms with Crippen LogP contribution in [0.3, 0.4) is 0 Å². The number of rotatable bonds is 3. The van der Waals surface area contributed by atoms with Crippen LogP contribution in [0.2, 0.25) is 0 Å². The molecule has 0 bridgehead atoms. The Morgan fingerprint density at radius 1 is 1.05 bits per heavy atom. The largest absolute Gasteiger partial charge is 0.121 e. The predicted molar refractivity (Wildman–Crippen MR) is 84.0 cm³/mol. The minimum absolute atomic E-state index is 0.900. The van der Waals surface area contributed by atoms with E-state index >= 15 is 0 Å². The average molecular weight is 254 g/mol. The topological polar surface area (TPSA) is 0 Å². The van der Waals surface area contributed by atoms with Crippen LogP contribution in [0, 0.1) is 5.92 Å². The van der Waals surface area contributed by atoms with Gasteiger partial charge in [-0.25, -0.2) is 0 Å². The minimum atomic E-state index is 0.900. The first kappa shape index (κ1) is 14.2. The number of hydrogen-bond acceptors (Lipinski definition) is 0. The highest BCUT2D eigenvalue weighted by Gasteiger charge is 2.11. The Morgan fingerprint density at radius 3 is 2.37 bits per heavy atom. The van der Waals surface area contributed by atoms with E-state index in [9.17, 15) is 0 Å². The van der Waals surface area contributed by atoms with Gasteiger partial charge in [0.1, 0.15) is 0 Å². The van der Waals surface area contributed by atoms with Crippen molar-refractivity contribution in [3.05, 3.63) is 47.2 Å². The summed E-state index contributed by atoms with van der Waals surface area (Å²) >= 11 is 0. The summed E-state index contributed by atoms with van der Waals surface area (Å²) in [6.07, 6.45) is 13.4. The van der Waals surface area contributed by atoms with Crippen LogP contribution in [0.25, 0.3) is 6.08 Å². The molecule has 0 spiro atoms. The van der Waals surface area contributed by atoms with Crippen molar-refractivity contribution in [2.24, 2.45) is 5.92 Å². The van der Waals surface area contributed by atoms with Gasteiger partial charge >= 0.3 is 0 Å². The molecule has 2 rings (SSSR count). The highest BCUT2D eigenvalue weighted by Crippen LogP contribution is 2.27. The summed E-state index contributed by atoms with van der Waals surface area (Å²) in [4.78, 5) is 0. The molecule has 1 saturated carbocycles. The van der Waals surface area contributed by atoms with Crippen molar-refractivity contribution in [1.82, 2.24) is 0 Å². The lowest BCUT2D eigenvalue weighted by Gasteiger charge is -2.19. The Labute approximate surface area is 118 Å². The maximum absolute atomic E-state index is 3.47. The molecule has 0 aromatic heterocycles. The normalized spacial score (nSPS) is 17.1. The second kappa shape index (κ2) is 8.02. The van der Waals surface area contributed by atoms with Crippen LogP contribution in [0.1, 0.15) is 63.9 Å². The molecule has 0 atom stereocenters. The average Bonchev–Trinajstić information content (AvgIpc) is 2.41. The van der Waals surface area contributed by atoms with Gasteiger partial charge in [-0.3, -0.25) is 0 Å². The summed E-state index contributed by atoms with van der Waals surface area (Å²) in [5, 5.41) is 0. The van der Waals surface area contributed by atoms with Crippen LogP contribution in [0.15, 0.2) is 41.6 Å². The van der Waals surface area contributed by atoms with Crippen LogP contribution >= 0.6 is 0 Å². The van der Waals surface area contributed by atoms with E-state index in [1.54, 1.807) is 0 Å². The molecule has 0 unspecified atom stereocenters. The van der Waals surface area contributed by atoms with Crippen LogP contribution in [-0.2, 0) is 0 Å². The minimum Gasteiger partial charge on any atom is -0.121 e. The second-order valence-electron chi connectivity index (χ2n) is 5.89. The van der Waals surface area contributed by atoms with Gasteiger partial charge in [-0.2, -0.15) is 0 Å². The molecule has 0 radical (unpaired) electrons. The third-order valence-electron chi connectivity index (χ3n) is 4.10. The van der Waals surface area contributed by atoms with Crippen LogP contribution in [-0.4, -0.2) is 0 Å². The lowest BCUT2D eigenvalue weighted by molar-refractivity contribution is 0.376. The van der Waals surface area contributed by atoms with Gasteiger partial charge in [0, 0.05) is 0 Å². The summed E-state index contributed by atoms with van der Waals surface area (Å²) in [6.45, 7) is 2.23. The lowest BCUT2D eigenvalue weighted by atomic mass is 9.87. The monoisotopic (exact) mass is 254 g/mol. The van der Waals surface area contributed by atoms with Crippen molar-refractivity contribution >= 4 is 6.08 Å². The van der Waals surface area contributed by atoms with Gasteiger partial charge in [0.2, 0.25) is 0 Å². The first-order chi connectivity index (χ1) is 9.34. The van der Waals surface area contributed by atoms with Crippen molar-refractivity contribution in [3.63, 3.8) is 0 Å². The number of allylic oxidation sites excluding steroid dienone is 1. The third-order valence-corrected chi connectivity index (χ3v) is 4.10. The molecule has 0 saturated heterocycles. The van der Waals surface area contributed by atoms with E-state index in [-0.39, 0.29) is 0 Å². The Bertz CT molecular complexity index is 413. The van der Waals surface area contributed by atoms with Gasteiger partial charge in [0.15, 0.2) is 0 Å². The predicted octanol–water partition coefficient (Wildman–Crippen LogP) is 6.00. The quantitative estimate of drug-likeness (QED) is 0.581. The zero-order valence-corrected chi connectivity index (χ0v) is 12.2. The summed E-state index contributed by atoms with van der Waals surface area (Å²) in [5.74, 6) is 0.900. The molecule has 0 amide bonds. The fraction of sp³-hybridized carbons (Fsp3) is 0.526. The highest BCUT2D eigenvalue weighted by atomic mass is 14.2. The van der Waals surface area contributed by atoms with Gasteiger partial charge in [0.05, 0.1) is 0 Å². The molecule has 0 heteroatoms. The van der Waals surface area contributed by atoms with Gasteiger partial charge in [-0.1, -0.05) is 75.3 Å². The fourth-order valence-corrected chi connectivity index (χ4v) is 2.99. The molecule has 102 valence electrons. The van der Waals surface area contributed by atoms with Gasteiger partial charge < -0.3 is 0 Å². The van der Waals surface area contributed by atoms with Crippen LogP contribution < -0.4 is 0 Å². The standard InChI is InChI=1S/C19H26/c1-17(14-15-18-10-8-5-9-11-18)16-19-12-6-3-2-4-7-13-19/h5,8-11,15,19H,2-4,6-7,12-13,16H2,1H3. The van der Waals surface area contributed by atoms with Crippen molar-refractivity contribution < 1.29 is 0 Å². The smallest absolute Gasteiger partial charge is 0.0128 e. The van der Waals surface area contributed by atoms with Crippen LogP contribution in [0.4, 0.5) is 0 Å². The molecule has 0 nitrogen and oxygen atoms in total. The zero-order valence-electron chi connectivity index (χ0n) is 12.2. The first-order valence-electron chi connectivity index (χ1n) is 7.82. The summed E-state index contributed by atoms with van der Waals surface area (Å²) in [6, 6.07) is 10.5. The van der Waals surface area contributed by atoms with Gasteiger partial charge in [0.25, 0.3) is 0 Å². The second-order valence-corrected chi connectivity index (χ2v) is 5.89. The Balaban J connectivity index is 1.91. The molecule has 1 aliphatic carbocycles. The van der Waals surface area contributed by atoms with Crippen LogP contribution in [0.5, 0.6) is 0 Å². The summed E-state index contributed by atoms with van der Waals surface area (Å²) < 4.78 is 0. The van der Waals surface area contributed by atoms with E-state index < -0.39 is 0 Å². The van der Waals surface area contributed by atoms with Crippen molar-refractivity contribution in [2.75, 3.05) is 0 Å². The van der Waals surface area contributed by atoms with E-state index in [2.05, 4.69) is 49.1 Å². The maximum Gasteiger partial charge on any atom is -0.0128 e. The molecule has 0 N–H and O–H groups in total. The Morgan fingerprint density at radius 2 is 1.68 bits per heavy atom. The molecular weight excluding hydrogens is 228 g/mol. The van der Waals surface area contributed by atoms with E-state index in [4.69, 9.17) is 0 Å². The highest BCUT2D eigenvalue weighted by molar-refractivity contribution is 5.48. The summed E-state index contributed by atoms with van der Waals surface area (Å²) in [5.41, 5.74) is 6.13. The molecule has 1 aromatic carbocycles. The third kappa shape index (κ3) is 5.49. The zero-order chi connectivity index (χ0) is 13.3. The molecule has 1 aliphatic rings. The maximum atomic E-state index is 3.47. The molecule has 0 heterocycles. The van der Waals surface area contributed by atoms with E-state index in [0.717, 1.165) is 5.92 Å². The Hall–Kier alpha value is -1.26. The van der Waals surface area contributed by atoms with E-state index in [0.29, 0.717) is 0 Å². The van der Waals surface area contributed by atoms with E-state index in [1.165, 1.54) is 62.5 Å². The molecule has 0 aliphatic heterocycles. The lowest BCUT2D eigenvalue weighted by Crippen LogP contribution is -2.04. The summed E-state index contributed by atoms with van der Waals surface area (Å²) in [7, 11) is 0. The van der Waals surface area contributed by atoms with Gasteiger partial charge in [-0.05, 0) is 36.5 Å². The number of benzene rings is 1. The van der Waals surface area contributed by atoms with Crippen molar-refractivity contribution in [2.45, 2.75) is 58.3 Å². The first-order valence-corrected chi connectivity index (χ1v) is 7.82. The Kier molecular flexibility index (Phi) is 5.98. The SMILES string of the molecule is CC(=C=Cc1ccccc1)CC1CCCCCCC1. The van der Waals surface area contributed by atoms with Crippen molar-refractivity contribution in [1.29, 1.82) is 0 Å². The number of hydrogen-bond donors (Lipinski definition) is 0. The molecular formula is C19H26. The van der Waals surface area contributed by atoms with Crippen molar-refractivity contribution in [3.8, 4) is 0 Å².